The lowest BCUT2D eigenvalue weighted by atomic mass is 9.77. The maximum atomic E-state index is 2.43. The minimum atomic E-state index is 0.406. The van der Waals surface area contributed by atoms with Gasteiger partial charge in [-0.05, 0) is 50.3 Å². The summed E-state index contributed by atoms with van der Waals surface area (Å²) in [6.07, 6.45) is 16.2. The van der Waals surface area contributed by atoms with Gasteiger partial charge < -0.3 is 0 Å². The minimum Gasteiger partial charge on any atom is -0.0800 e. The fourth-order valence-corrected chi connectivity index (χ4v) is 3.13. The van der Waals surface area contributed by atoms with E-state index in [1.54, 1.807) is 5.57 Å². The first kappa shape index (κ1) is 13.1. The first-order chi connectivity index (χ1) is 8.04. The Morgan fingerprint density at radius 2 is 2.12 bits per heavy atom. The first-order valence-corrected chi connectivity index (χ1v) is 7.52. The number of halogens is 1. The summed E-state index contributed by atoms with van der Waals surface area (Å²) in [7, 11) is 0. The Morgan fingerprint density at radius 3 is 2.82 bits per heavy atom. The fourth-order valence-electron chi connectivity index (χ4n) is 2.96. The SMILES string of the molecule is CC/C(I)=C\C=C1/CC(C)(C)C2C=CC=CC12. The Balaban J connectivity index is 2.26. The molecular formula is C16H21I. The van der Waals surface area contributed by atoms with Crippen LogP contribution in [0.1, 0.15) is 33.6 Å². The molecule has 1 fully saturated rings. The topological polar surface area (TPSA) is 0 Å². The van der Waals surface area contributed by atoms with E-state index < -0.39 is 0 Å². The van der Waals surface area contributed by atoms with Crippen molar-refractivity contribution in [2.45, 2.75) is 33.6 Å². The van der Waals surface area contributed by atoms with Gasteiger partial charge in [0.05, 0.1) is 0 Å². The highest BCUT2D eigenvalue weighted by Crippen LogP contribution is 2.52. The molecule has 0 bridgehead atoms. The largest absolute Gasteiger partial charge is 0.0800 e. The third-order valence-electron chi connectivity index (χ3n) is 3.94. The molecule has 0 saturated heterocycles. The quantitative estimate of drug-likeness (QED) is 0.588. The highest BCUT2D eigenvalue weighted by atomic mass is 127. The molecular weight excluding hydrogens is 319 g/mol. The molecule has 0 N–H and O–H groups in total. The van der Waals surface area contributed by atoms with Gasteiger partial charge in [0.1, 0.15) is 0 Å². The molecule has 2 aliphatic rings. The van der Waals surface area contributed by atoms with Crippen molar-refractivity contribution in [2.75, 3.05) is 0 Å². The van der Waals surface area contributed by atoms with Crippen LogP contribution in [0.4, 0.5) is 0 Å². The van der Waals surface area contributed by atoms with E-state index in [0.717, 1.165) is 6.42 Å². The van der Waals surface area contributed by atoms with Gasteiger partial charge in [0, 0.05) is 5.92 Å². The number of rotatable bonds is 2. The van der Waals surface area contributed by atoms with Crippen LogP contribution in [0.15, 0.2) is 45.6 Å². The summed E-state index contributed by atoms with van der Waals surface area (Å²) in [6.45, 7) is 6.99. The van der Waals surface area contributed by atoms with Gasteiger partial charge in [0.25, 0.3) is 0 Å². The molecule has 0 aromatic carbocycles. The van der Waals surface area contributed by atoms with Crippen LogP contribution in [0.25, 0.3) is 0 Å². The molecule has 0 amide bonds. The Kier molecular flexibility index (Phi) is 3.96. The van der Waals surface area contributed by atoms with Gasteiger partial charge in [-0.2, -0.15) is 0 Å². The Labute approximate surface area is 119 Å². The molecule has 0 nitrogen and oxygen atoms in total. The van der Waals surface area contributed by atoms with E-state index >= 15 is 0 Å². The second-order valence-corrected chi connectivity index (χ2v) is 7.08. The number of fused-ring (bicyclic) bond motifs is 1. The maximum Gasteiger partial charge on any atom is 0.00514 e. The smallest absolute Gasteiger partial charge is 0.00514 e. The summed E-state index contributed by atoms with van der Waals surface area (Å²) in [6, 6.07) is 0. The lowest BCUT2D eigenvalue weighted by Crippen LogP contribution is -2.20. The van der Waals surface area contributed by atoms with Crippen molar-refractivity contribution in [1.82, 2.24) is 0 Å². The number of hydrogen-bond donors (Lipinski definition) is 0. The van der Waals surface area contributed by atoms with Crippen LogP contribution in [-0.2, 0) is 0 Å². The number of allylic oxidation sites excluding steroid dienone is 8. The van der Waals surface area contributed by atoms with Crippen LogP contribution in [0.5, 0.6) is 0 Å². The molecule has 2 atom stereocenters. The van der Waals surface area contributed by atoms with Gasteiger partial charge in [-0.1, -0.05) is 62.8 Å². The molecule has 2 aliphatic carbocycles. The molecule has 1 heteroatoms. The van der Waals surface area contributed by atoms with Crippen molar-refractivity contribution in [2.24, 2.45) is 17.3 Å². The predicted octanol–water partition coefficient (Wildman–Crippen LogP) is 5.43. The molecule has 1 saturated carbocycles. The molecule has 0 aromatic rings. The highest BCUT2D eigenvalue weighted by Gasteiger charge is 2.42. The summed E-state index contributed by atoms with van der Waals surface area (Å²) in [5, 5.41) is 0. The lowest BCUT2D eigenvalue weighted by Gasteiger charge is -2.27. The third-order valence-corrected chi connectivity index (χ3v) is 5.06. The number of hydrogen-bond acceptors (Lipinski definition) is 0. The van der Waals surface area contributed by atoms with Gasteiger partial charge in [-0.15, -0.1) is 0 Å². The molecule has 0 aliphatic heterocycles. The van der Waals surface area contributed by atoms with E-state index in [4.69, 9.17) is 0 Å². The average molecular weight is 340 g/mol. The third kappa shape index (κ3) is 2.75. The highest BCUT2D eigenvalue weighted by molar-refractivity contribution is 14.1. The Morgan fingerprint density at radius 1 is 1.41 bits per heavy atom. The molecule has 0 radical (unpaired) electrons. The van der Waals surface area contributed by atoms with Crippen LogP contribution >= 0.6 is 22.6 Å². The Bertz CT molecular complexity index is 407. The normalized spacial score (nSPS) is 33.2. The van der Waals surface area contributed by atoms with Gasteiger partial charge in [-0.25, -0.2) is 0 Å². The van der Waals surface area contributed by atoms with Gasteiger partial charge in [-0.3, -0.25) is 0 Å². The van der Waals surface area contributed by atoms with Crippen LogP contribution in [0.3, 0.4) is 0 Å². The standard InChI is InChI=1S/C16H21I/c1-4-13(17)10-9-12-11-16(2,3)15-8-6-5-7-14(12)15/h5-10,14-15H,4,11H2,1-3H3/b12-9+,13-10+. The van der Waals surface area contributed by atoms with Crippen molar-refractivity contribution in [1.29, 1.82) is 0 Å². The van der Waals surface area contributed by atoms with Gasteiger partial charge >= 0.3 is 0 Å². The summed E-state index contributed by atoms with van der Waals surface area (Å²) in [4.78, 5) is 0. The van der Waals surface area contributed by atoms with E-state index in [1.807, 2.05) is 0 Å². The lowest BCUT2D eigenvalue weighted by molar-refractivity contribution is 0.288. The zero-order valence-corrected chi connectivity index (χ0v) is 13.1. The maximum absolute atomic E-state index is 2.43. The summed E-state index contributed by atoms with van der Waals surface area (Å²) >= 11 is 2.43. The van der Waals surface area contributed by atoms with E-state index in [9.17, 15) is 0 Å². The second-order valence-electron chi connectivity index (χ2n) is 5.70. The first-order valence-electron chi connectivity index (χ1n) is 6.44. The summed E-state index contributed by atoms with van der Waals surface area (Å²) < 4.78 is 1.44. The predicted molar refractivity (Wildman–Crippen MR) is 84.1 cm³/mol. The van der Waals surface area contributed by atoms with Crippen molar-refractivity contribution in [3.8, 4) is 0 Å². The molecule has 0 spiro atoms. The Hall–Kier alpha value is -0.310. The molecule has 17 heavy (non-hydrogen) atoms. The molecule has 92 valence electrons. The van der Waals surface area contributed by atoms with Gasteiger partial charge in [0.15, 0.2) is 0 Å². The van der Waals surface area contributed by atoms with Crippen molar-refractivity contribution in [3.05, 3.63) is 45.6 Å². The molecule has 0 aromatic heterocycles. The van der Waals surface area contributed by atoms with Crippen molar-refractivity contribution >= 4 is 22.6 Å². The van der Waals surface area contributed by atoms with Crippen LogP contribution in [-0.4, -0.2) is 0 Å². The van der Waals surface area contributed by atoms with Crippen LogP contribution in [0, 0.1) is 17.3 Å². The van der Waals surface area contributed by atoms with E-state index in [-0.39, 0.29) is 0 Å². The fraction of sp³-hybridized carbons (Fsp3) is 0.500. The summed E-state index contributed by atoms with van der Waals surface area (Å²) in [5.74, 6) is 1.32. The molecule has 2 rings (SSSR count). The van der Waals surface area contributed by atoms with E-state index in [0.29, 0.717) is 17.3 Å². The molecule has 0 heterocycles. The average Bonchev–Trinajstić information content (AvgIpc) is 2.59. The van der Waals surface area contributed by atoms with Crippen LogP contribution in [0.2, 0.25) is 0 Å². The monoisotopic (exact) mass is 340 g/mol. The van der Waals surface area contributed by atoms with Crippen molar-refractivity contribution in [3.63, 3.8) is 0 Å². The van der Waals surface area contributed by atoms with E-state index in [2.05, 4.69) is 79.8 Å². The molecule has 2 unspecified atom stereocenters. The van der Waals surface area contributed by atoms with Gasteiger partial charge in [0.2, 0.25) is 0 Å². The zero-order chi connectivity index (χ0) is 12.5. The van der Waals surface area contributed by atoms with Crippen molar-refractivity contribution < 1.29 is 0 Å². The van der Waals surface area contributed by atoms with Crippen LogP contribution < -0.4 is 0 Å². The summed E-state index contributed by atoms with van der Waals surface area (Å²) in [5.41, 5.74) is 2.01. The second kappa shape index (κ2) is 5.13. The minimum absolute atomic E-state index is 0.406. The zero-order valence-electron chi connectivity index (χ0n) is 10.9. The van der Waals surface area contributed by atoms with E-state index in [1.165, 1.54) is 10.0 Å².